The summed E-state index contributed by atoms with van der Waals surface area (Å²) in [6.07, 6.45) is 1.49. The van der Waals surface area contributed by atoms with Crippen molar-refractivity contribution in [3.8, 4) is 17.2 Å². The molecular weight excluding hydrogens is 444 g/mol. The smallest absolute Gasteiger partial charge is 0.344 e. The molecule has 0 atom stereocenters. The number of carbonyl (C=O) groups is 2. The lowest BCUT2D eigenvalue weighted by atomic mass is 10.0. The number of nitrogens with one attached hydrogen (secondary N) is 1. The van der Waals surface area contributed by atoms with Gasteiger partial charge in [0.15, 0.2) is 18.1 Å². The molecule has 4 aromatic rings. The number of nitrogens with zero attached hydrogens (tertiary/aromatic N) is 1. The predicted octanol–water partition coefficient (Wildman–Crippen LogP) is 4.99. The Bertz CT molecular complexity index is 1340. The lowest BCUT2D eigenvalue weighted by Gasteiger charge is -2.10. The van der Waals surface area contributed by atoms with E-state index < -0.39 is 11.9 Å². The van der Waals surface area contributed by atoms with E-state index in [1.54, 1.807) is 48.5 Å². The first-order valence-corrected chi connectivity index (χ1v) is 11.1. The molecule has 0 aliphatic heterocycles. The van der Waals surface area contributed by atoms with E-state index in [0.29, 0.717) is 29.4 Å². The second-order valence-corrected chi connectivity index (χ2v) is 7.45. The summed E-state index contributed by atoms with van der Waals surface area (Å²) in [5, 5.41) is 5.75. The fraction of sp³-hybridized carbons (Fsp3) is 0.107. The first-order chi connectivity index (χ1) is 17.1. The van der Waals surface area contributed by atoms with Gasteiger partial charge < -0.3 is 14.2 Å². The average molecular weight is 469 g/mol. The van der Waals surface area contributed by atoms with Gasteiger partial charge in [0.05, 0.1) is 18.4 Å². The summed E-state index contributed by atoms with van der Waals surface area (Å²) in [5.74, 6) is 0.634. The number of hydrazone groups is 1. The summed E-state index contributed by atoms with van der Waals surface area (Å²) in [6.45, 7) is 2.17. The highest BCUT2D eigenvalue weighted by Gasteiger charge is 2.12. The van der Waals surface area contributed by atoms with E-state index in [1.807, 2.05) is 49.4 Å². The maximum atomic E-state index is 12.7. The number of esters is 1. The Kier molecular flexibility index (Phi) is 7.70. The quantitative estimate of drug-likeness (QED) is 0.162. The molecule has 4 rings (SSSR count). The van der Waals surface area contributed by atoms with Crippen LogP contribution in [0, 0.1) is 0 Å². The summed E-state index contributed by atoms with van der Waals surface area (Å²) in [6, 6.07) is 27.1. The van der Waals surface area contributed by atoms with Gasteiger partial charge in [-0.2, -0.15) is 5.10 Å². The molecule has 1 N–H and O–H groups in total. The summed E-state index contributed by atoms with van der Waals surface area (Å²) < 4.78 is 16.5. The fourth-order valence-corrected chi connectivity index (χ4v) is 3.39. The second-order valence-electron chi connectivity index (χ2n) is 7.45. The molecule has 4 aromatic carbocycles. The molecule has 0 spiro atoms. The van der Waals surface area contributed by atoms with Crippen LogP contribution < -0.4 is 19.6 Å². The van der Waals surface area contributed by atoms with Crippen LogP contribution in [0.2, 0.25) is 0 Å². The van der Waals surface area contributed by atoms with Crippen LogP contribution in [0.3, 0.4) is 0 Å². The zero-order chi connectivity index (χ0) is 24.5. The van der Waals surface area contributed by atoms with Gasteiger partial charge in [0, 0.05) is 0 Å². The topological polar surface area (TPSA) is 86.2 Å². The van der Waals surface area contributed by atoms with Crippen molar-refractivity contribution in [3.05, 3.63) is 102 Å². The number of hydrogen-bond acceptors (Lipinski definition) is 6. The van der Waals surface area contributed by atoms with Crippen LogP contribution in [0.25, 0.3) is 10.8 Å². The molecule has 7 nitrogen and oxygen atoms in total. The molecule has 0 saturated carbocycles. The molecule has 0 heterocycles. The summed E-state index contributed by atoms with van der Waals surface area (Å²) in [4.78, 5) is 24.7. The fourth-order valence-electron chi connectivity index (χ4n) is 3.39. The molecule has 0 fully saturated rings. The summed E-state index contributed by atoms with van der Waals surface area (Å²) in [5.41, 5.74) is 3.64. The summed E-state index contributed by atoms with van der Waals surface area (Å²) in [7, 11) is 0. The third-order valence-corrected chi connectivity index (χ3v) is 5.01. The van der Waals surface area contributed by atoms with E-state index in [9.17, 15) is 9.59 Å². The molecule has 0 bridgehead atoms. The molecule has 0 aromatic heterocycles. The number of fused-ring (bicyclic) bond motifs is 1. The minimum Gasteiger partial charge on any atom is -0.490 e. The zero-order valence-electron chi connectivity index (χ0n) is 19.1. The van der Waals surface area contributed by atoms with E-state index >= 15 is 0 Å². The van der Waals surface area contributed by atoms with E-state index in [2.05, 4.69) is 10.5 Å². The number of para-hydroxylation sites is 2. The Hall–Kier alpha value is -4.65. The van der Waals surface area contributed by atoms with Gasteiger partial charge in [-0.25, -0.2) is 10.2 Å². The van der Waals surface area contributed by atoms with Crippen LogP contribution in [0.1, 0.15) is 22.8 Å². The van der Waals surface area contributed by atoms with Crippen LogP contribution in [-0.4, -0.2) is 31.3 Å². The van der Waals surface area contributed by atoms with Crippen molar-refractivity contribution in [2.45, 2.75) is 6.92 Å². The molecule has 1 amide bonds. The maximum Gasteiger partial charge on any atom is 0.344 e. The van der Waals surface area contributed by atoms with Crippen molar-refractivity contribution in [1.82, 2.24) is 5.43 Å². The Balaban J connectivity index is 1.29. The van der Waals surface area contributed by atoms with Gasteiger partial charge in [-0.05, 0) is 65.7 Å². The Labute approximate surface area is 202 Å². The Morgan fingerprint density at radius 3 is 2.29 bits per heavy atom. The first-order valence-electron chi connectivity index (χ1n) is 11.1. The van der Waals surface area contributed by atoms with Gasteiger partial charge in [0.1, 0.15) is 5.75 Å². The molecular formula is C28H24N2O5. The van der Waals surface area contributed by atoms with Gasteiger partial charge in [0.2, 0.25) is 0 Å². The Morgan fingerprint density at radius 2 is 1.51 bits per heavy atom. The number of ether oxygens (including phenoxy) is 3. The SMILES string of the molecule is CCOc1ccccc1OCC(=O)N/N=C/c1ccc(OC(=O)c2cccc3ccccc23)cc1. The van der Waals surface area contributed by atoms with Crippen LogP contribution in [0.5, 0.6) is 17.2 Å². The van der Waals surface area contributed by atoms with Gasteiger partial charge in [-0.1, -0.05) is 48.5 Å². The second kappa shape index (κ2) is 11.5. The van der Waals surface area contributed by atoms with E-state index in [4.69, 9.17) is 14.2 Å². The minimum atomic E-state index is -0.429. The number of hydrogen-bond donors (Lipinski definition) is 1. The van der Waals surface area contributed by atoms with Crippen LogP contribution in [0.15, 0.2) is 96.1 Å². The monoisotopic (exact) mass is 468 g/mol. The highest BCUT2D eigenvalue weighted by Crippen LogP contribution is 2.26. The number of amides is 1. The van der Waals surface area contributed by atoms with Crippen LogP contribution >= 0.6 is 0 Å². The van der Waals surface area contributed by atoms with Gasteiger partial charge in [-0.15, -0.1) is 0 Å². The average Bonchev–Trinajstić information content (AvgIpc) is 2.89. The molecule has 0 saturated heterocycles. The standard InChI is InChI=1S/C28H24N2O5/c1-2-33-25-12-5-6-13-26(25)34-19-27(31)30-29-18-20-14-16-22(17-15-20)35-28(32)24-11-7-9-21-8-3-4-10-23(21)24/h3-18H,2,19H2,1H3,(H,30,31)/b29-18+. The molecule has 0 radical (unpaired) electrons. The summed E-state index contributed by atoms with van der Waals surface area (Å²) >= 11 is 0. The lowest BCUT2D eigenvalue weighted by molar-refractivity contribution is -0.123. The van der Waals surface area contributed by atoms with Gasteiger partial charge in [0.25, 0.3) is 5.91 Å². The van der Waals surface area contributed by atoms with Gasteiger partial charge >= 0.3 is 5.97 Å². The molecule has 0 aliphatic carbocycles. The van der Waals surface area contributed by atoms with Crippen molar-refractivity contribution in [1.29, 1.82) is 0 Å². The predicted molar refractivity (Wildman–Crippen MR) is 134 cm³/mol. The maximum absolute atomic E-state index is 12.7. The normalized spacial score (nSPS) is 10.8. The van der Waals surface area contributed by atoms with Crippen molar-refractivity contribution in [2.24, 2.45) is 5.10 Å². The van der Waals surface area contributed by atoms with Crippen molar-refractivity contribution >= 4 is 28.9 Å². The van der Waals surface area contributed by atoms with E-state index in [0.717, 1.165) is 16.3 Å². The third-order valence-electron chi connectivity index (χ3n) is 5.01. The van der Waals surface area contributed by atoms with Crippen molar-refractivity contribution in [3.63, 3.8) is 0 Å². The molecule has 176 valence electrons. The third kappa shape index (κ3) is 6.23. The number of benzene rings is 4. The van der Waals surface area contributed by atoms with E-state index in [1.165, 1.54) is 6.21 Å². The molecule has 0 unspecified atom stereocenters. The number of carbonyl (C=O) groups excluding carboxylic acids is 2. The lowest BCUT2D eigenvalue weighted by Crippen LogP contribution is -2.24. The number of rotatable bonds is 9. The van der Waals surface area contributed by atoms with E-state index in [-0.39, 0.29) is 6.61 Å². The largest absolute Gasteiger partial charge is 0.490 e. The zero-order valence-corrected chi connectivity index (χ0v) is 19.1. The molecule has 35 heavy (non-hydrogen) atoms. The first kappa shape index (κ1) is 23.5. The van der Waals surface area contributed by atoms with Crippen LogP contribution in [-0.2, 0) is 4.79 Å². The highest BCUT2D eigenvalue weighted by molar-refractivity contribution is 6.05. The van der Waals surface area contributed by atoms with Crippen molar-refractivity contribution in [2.75, 3.05) is 13.2 Å². The Morgan fingerprint density at radius 1 is 0.829 bits per heavy atom. The van der Waals surface area contributed by atoms with Gasteiger partial charge in [-0.3, -0.25) is 4.79 Å². The highest BCUT2D eigenvalue weighted by atomic mass is 16.5. The molecule has 0 aliphatic rings. The van der Waals surface area contributed by atoms with Crippen LogP contribution in [0.4, 0.5) is 0 Å². The molecule has 7 heteroatoms. The van der Waals surface area contributed by atoms with Crippen molar-refractivity contribution < 1.29 is 23.8 Å². The minimum absolute atomic E-state index is 0.204.